The van der Waals surface area contributed by atoms with Crippen molar-refractivity contribution in [1.29, 1.82) is 0 Å². The van der Waals surface area contributed by atoms with Crippen LogP contribution in [-0.2, 0) is 10.4 Å². The van der Waals surface area contributed by atoms with Gasteiger partial charge in [-0.25, -0.2) is 0 Å². The van der Waals surface area contributed by atoms with Crippen molar-refractivity contribution < 1.29 is 18.7 Å². The van der Waals surface area contributed by atoms with Crippen LogP contribution in [0.15, 0.2) is 69.4 Å². The molecule has 23 heavy (non-hydrogen) atoms. The molecule has 6 heteroatoms. The van der Waals surface area contributed by atoms with E-state index in [0.717, 1.165) is 4.88 Å². The number of rotatable bonds is 6. The van der Waals surface area contributed by atoms with Gasteiger partial charge in [0, 0.05) is 16.5 Å². The summed E-state index contributed by atoms with van der Waals surface area (Å²) in [6.07, 6.45) is 7.52. The van der Waals surface area contributed by atoms with Crippen LogP contribution in [-0.4, -0.2) is 17.6 Å². The van der Waals surface area contributed by atoms with Gasteiger partial charge in [-0.3, -0.25) is 4.79 Å². The minimum absolute atomic E-state index is 0.0341. The van der Waals surface area contributed by atoms with Crippen LogP contribution in [0.5, 0.6) is 0 Å². The van der Waals surface area contributed by atoms with Gasteiger partial charge in [0.05, 0.1) is 25.3 Å². The van der Waals surface area contributed by atoms with Crippen LogP contribution in [0.25, 0.3) is 6.08 Å². The van der Waals surface area contributed by atoms with Crippen LogP contribution in [0.2, 0.25) is 0 Å². The van der Waals surface area contributed by atoms with E-state index in [1.807, 2.05) is 17.5 Å². The highest BCUT2D eigenvalue weighted by atomic mass is 32.1. The molecular formula is C17H15NO4S. The van der Waals surface area contributed by atoms with Crippen LogP contribution in [0.4, 0.5) is 0 Å². The number of furan rings is 2. The van der Waals surface area contributed by atoms with Crippen molar-refractivity contribution in [3.05, 3.63) is 76.8 Å². The summed E-state index contributed by atoms with van der Waals surface area (Å²) in [6, 6.07) is 8.80. The van der Waals surface area contributed by atoms with Crippen molar-refractivity contribution in [2.24, 2.45) is 0 Å². The van der Waals surface area contributed by atoms with E-state index < -0.39 is 5.60 Å². The Hall–Kier alpha value is -2.57. The maximum atomic E-state index is 12.0. The van der Waals surface area contributed by atoms with E-state index in [4.69, 9.17) is 8.83 Å². The molecular weight excluding hydrogens is 314 g/mol. The SMILES string of the molecule is O=C(/C=C/c1cccs1)NC[C@@](O)(c1ccoc1)c1ccco1. The predicted molar refractivity (Wildman–Crippen MR) is 86.8 cm³/mol. The molecule has 0 spiro atoms. The van der Waals surface area contributed by atoms with Gasteiger partial charge in [0.25, 0.3) is 0 Å². The van der Waals surface area contributed by atoms with Gasteiger partial charge in [0.1, 0.15) is 5.76 Å². The highest BCUT2D eigenvalue weighted by Crippen LogP contribution is 2.29. The first-order chi connectivity index (χ1) is 11.2. The molecule has 0 saturated carbocycles. The largest absolute Gasteiger partial charge is 0.472 e. The fourth-order valence-corrected chi connectivity index (χ4v) is 2.78. The summed E-state index contributed by atoms with van der Waals surface area (Å²) >= 11 is 1.54. The van der Waals surface area contributed by atoms with Gasteiger partial charge in [0.2, 0.25) is 5.91 Å². The fraction of sp³-hybridized carbons (Fsp3) is 0.118. The fourth-order valence-electron chi connectivity index (χ4n) is 2.16. The molecule has 0 saturated heterocycles. The van der Waals surface area contributed by atoms with Gasteiger partial charge in [-0.1, -0.05) is 6.07 Å². The van der Waals surface area contributed by atoms with Gasteiger partial charge in [-0.15, -0.1) is 11.3 Å². The van der Waals surface area contributed by atoms with E-state index in [9.17, 15) is 9.90 Å². The molecule has 1 atom stereocenters. The van der Waals surface area contributed by atoms with Crippen LogP contribution in [0, 0.1) is 0 Å². The number of hydrogen-bond donors (Lipinski definition) is 2. The van der Waals surface area contributed by atoms with Crippen molar-refractivity contribution in [2.45, 2.75) is 5.60 Å². The minimum Gasteiger partial charge on any atom is -0.472 e. The molecule has 3 aromatic heterocycles. The summed E-state index contributed by atoms with van der Waals surface area (Å²) in [5, 5.41) is 15.6. The molecule has 0 bridgehead atoms. The molecule has 0 unspecified atom stereocenters. The van der Waals surface area contributed by atoms with E-state index in [-0.39, 0.29) is 12.5 Å². The third-order valence-corrected chi connectivity index (χ3v) is 4.23. The second kappa shape index (κ2) is 6.68. The molecule has 5 nitrogen and oxygen atoms in total. The molecule has 0 radical (unpaired) electrons. The normalized spacial score (nSPS) is 14.0. The smallest absolute Gasteiger partial charge is 0.244 e. The molecule has 118 valence electrons. The first-order valence-electron chi connectivity index (χ1n) is 6.97. The molecule has 0 aliphatic carbocycles. The molecule has 3 aromatic rings. The summed E-state index contributed by atoms with van der Waals surface area (Å²) < 4.78 is 10.3. The zero-order valence-corrected chi connectivity index (χ0v) is 13.0. The Bertz CT molecular complexity index is 724. The van der Waals surface area contributed by atoms with Gasteiger partial charge < -0.3 is 19.3 Å². The van der Waals surface area contributed by atoms with Crippen molar-refractivity contribution in [3.8, 4) is 0 Å². The quantitative estimate of drug-likeness (QED) is 0.682. The molecule has 2 N–H and O–H groups in total. The summed E-state index contributed by atoms with van der Waals surface area (Å²) in [7, 11) is 0. The number of hydrogen-bond acceptors (Lipinski definition) is 5. The maximum Gasteiger partial charge on any atom is 0.244 e. The van der Waals surface area contributed by atoms with E-state index in [0.29, 0.717) is 11.3 Å². The standard InChI is InChI=1S/C17H15NO4S/c19-16(6-5-14-3-2-10-23-14)18-12-17(20,13-7-9-21-11-13)15-4-1-8-22-15/h1-11,20H,12H2,(H,18,19)/b6-5+/t17-/m1/s1. The van der Waals surface area contributed by atoms with E-state index in [1.54, 1.807) is 35.6 Å². The minimum atomic E-state index is -1.48. The number of nitrogens with one attached hydrogen (secondary N) is 1. The first-order valence-corrected chi connectivity index (χ1v) is 7.85. The lowest BCUT2D eigenvalue weighted by Crippen LogP contribution is -2.40. The lowest BCUT2D eigenvalue weighted by Gasteiger charge is -2.24. The van der Waals surface area contributed by atoms with Gasteiger partial charge >= 0.3 is 0 Å². The molecule has 0 aliphatic rings. The van der Waals surface area contributed by atoms with Crippen LogP contribution < -0.4 is 5.32 Å². The Balaban J connectivity index is 1.71. The second-order valence-corrected chi connectivity index (χ2v) is 5.90. The van der Waals surface area contributed by atoms with Gasteiger partial charge in [-0.2, -0.15) is 0 Å². The van der Waals surface area contributed by atoms with Gasteiger partial charge in [0.15, 0.2) is 5.60 Å². The summed E-state index contributed by atoms with van der Waals surface area (Å²) in [5.41, 5.74) is -0.974. The Labute approximate surface area is 136 Å². The molecule has 3 rings (SSSR count). The van der Waals surface area contributed by atoms with E-state index in [2.05, 4.69) is 5.32 Å². The molecule has 3 heterocycles. The Morgan fingerprint density at radius 3 is 2.87 bits per heavy atom. The molecule has 1 amide bonds. The Kier molecular flexibility index (Phi) is 4.45. The van der Waals surface area contributed by atoms with Crippen molar-refractivity contribution in [1.82, 2.24) is 5.32 Å². The van der Waals surface area contributed by atoms with Crippen molar-refractivity contribution in [3.63, 3.8) is 0 Å². The van der Waals surface area contributed by atoms with Crippen LogP contribution in [0.1, 0.15) is 16.2 Å². The number of amides is 1. The third-order valence-electron chi connectivity index (χ3n) is 3.39. The maximum absolute atomic E-state index is 12.0. The topological polar surface area (TPSA) is 75.6 Å². The first kappa shape index (κ1) is 15.3. The van der Waals surface area contributed by atoms with Crippen molar-refractivity contribution >= 4 is 23.3 Å². The highest BCUT2D eigenvalue weighted by molar-refractivity contribution is 7.10. The van der Waals surface area contributed by atoms with E-state index in [1.165, 1.54) is 24.9 Å². The van der Waals surface area contributed by atoms with E-state index >= 15 is 0 Å². The average molecular weight is 329 g/mol. The zero-order valence-electron chi connectivity index (χ0n) is 12.1. The van der Waals surface area contributed by atoms with Crippen molar-refractivity contribution in [2.75, 3.05) is 6.54 Å². The van der Waals surface area contributed by atoms with Crippen LogP contribution >= 0.6 is 11.3 Å². The lowest BCUT2D eigenvalue weighted by molar-refractivity contribution is -0.117. The molecule has 0 fully saturated rings. The molecule has 0 aliphatic heterocycles. The number of thiophene rings is 1. The highest BCUT2D eigenvalue weighted by Gasteiger charge is 2.35. The number of aliphatic hydroxyl groups is 1. The zero-order chi connectivity index (χ0) is 16.1. The average Bonchev–Trinajstić information content (AvgIpc) is 3.33. The summed E-state index contributed by atoms with van der Waals surface area (Å²) in [4.78, 5) is 12.9. The monoisotopic (exact) mass is 329 g/mol. The third kappa shape index (κ3) is 3.44. The Morgan fingerprint density at radius 2 is 2.22 bits per heavy atom. The number of carbonyl (C=O) groups is 1. The van der Waals surface area contributed by atoms with Crippen LogP contribution in [0.3, 0.4) is 0 Å². The predicted octanol–water partition coefficient (Wildman–Crippen LogP) is 3.00. The lowest BCUT2D eigenvalue weighted by atomic mass is 9.93. The summed E-state index contributed by atoms with van der Waals surface area (Å²) in [5.74, 6) is 0.0355. The summed E-state index contributed by atoms with van der Waals surface area (Å²) in [6.45, 7) is -0.0341. The van der Waals surface area contributed by atoms with Gasteiger partial charge in [-0.05, 0) is 35.7 Å². The second-order valence-electron chi connectivity index (χ2n) is 4.92. The number of carbonyl (C=O) groups excluding carboxylic acids is 1. The Morgan fingerprint density at radius 1 is 1.30 bits per heavy atom. The molecule has 0 aromatic carbocycles.